The number of carbonyl (C=O) groups excluding carboxylic acids is 2. The van der Waals surface area contributed by atoms with Crippen molar-refractivity contribution in [2.45, 2.75) is 10.1 Å². The fourth-order valence-electron chi connectivity index (χ4n) is 2.34. The Morgan fingerprint density at radius 1 is 1.15 bits per heavy atom. The van der Waals surface area contributed by atoms with Crippen molar-refractivity contribution in [2.24, 2.45) is 0 Å². The van der Waals surface area contributed by atoms with Gasteiger partial charge in [-0.05, 0) is 5.56 Å². The molecule has 10 heteroatoms. The maximum atomic E-state index is 12.1. The van der Waals surface area contributed by atoms with Gasteiger partial charge < -0.3 is 9.64 Å². The summed E-state index contributed by atoms with van der Waals surface area (Å²) in [6.07, 6.45) is 0. The number of nitrogens with zero attached hydrogens (tertiary/aromatic N) is 3. The fraction of sp³-hybridized carbons (Fsp3) is 0.412. The van der Waals surface area contributed by atoms with Crippen LogP contribution < -0.4 is 5.32 Å². The number of aromatic nitrogens is 2. The molecule has 27 heavy (non-hydrogen) atoms. The molecule has 0 aliphatic carbocycles. The molecule has 1 aliphatic heterocycles. The predicted octanol–water partition coefficient (Wildman–Crippen LogP) is 2.36. The van der Waals surface area contributed by atoms with Crippen molar-refractivity contribution in [1.29, 1.82) is 0 Å². The Bertz CT molecular complexity index is 751. The molecule has 2 amide bonds. The van der Waals surface area contributed by atoms with Gasteiger partial charge in [0.15, 0.2) is 4.34 Å². The Balaban J connectivity index is 1.37. The number of thioether (sulfide) groups is 2. The first-order valence-corrected chi connectivity index (χ1v) is 11.4. The number of rotatable bonds is 8. The Morgan fingerprint density at radius 3 is 2.70 bits per heavy atom. The molecule has 0 spiro atoms. The van der Waals surface area contributed by atoms with Gasteiger partial charge in [0.2, 0.25) is 16.9 Å². The van der Waals surface area contributed by atoms with Crippen LogP contribution in [0.15, 0.2) is 34.7 Å². The van der Waals surface area contributed by atoms with Crippen LogP contribution in [0.3, 0.4) is 0 Å². The van der Waals surface area contributed by atoms with E-state index >= 15 is 0 Å². The Kier molecular flexibility index (Phi) is 7.93. The van der Waals surface area contributed by atoms with Crippen molar-refractivity contribution in [3.8, 4) is 0 Å². The summed E-state index contributed by atoms with van der Waals surface area (Å²) in [4.78, 5) is 25.9. The molecule has 2 heterocycles. The maximum Gasteiger partial charge on any atom is 0.236 e. The van der Waals surface area contributed by atoms with Gasteiger partial charge in [-0.3, -0.25) is 14.9 Å². The first-order chi connectivity index (χ1) is 13.2. The van der Waals surface area contributed by atoms with Crippen LogP contribution in [-0.2, 0) is 20.1 Å². The molecule has 1 saturated heterocycles. The normalized spacial score (nSPS) is 14.1. The van der Waals surface area contributed by atoms with E-state index in [1.807, 2.05) is 30.3 Å². The lowest BCUT2D eigenvalue weighted by Crippen LogP contribution is -2.41. The summed E-state index contributed by atoms with van der Waals surface area (Å²) in [5, 5.41) is 11.2. The monoisotopic (exact) mass is 424 g/mol. The molecule has 144 valence electrons. The Labute approximate surface area is 170 Å². The minimum absolute atomic E-state index is 0.0707. The van der Waals surface area contributed by atoms with Crippen molar-refractivity contribution in [3.05, 3.63) is 35.9 Å². The number of amides is 2. The number of hydrogen-bond acceptors (Lipinski definition) is 8. The van der Waals surface area contributed by atoms with Crippen molar-refractivity contribution >= 4 is 51.8 Å². The number of carbonyl (C=O) groups is 2. The SMILES string of the molecule is O=C(CSCc1ccccc1)Nc1nnc(SCC(=O)N2CCOCC2)s1. The van der Waals surface area contributed by atoms with Crippen molar-refractivity contribution in [1.82, 2.24) is 15.1 Å². The first kappa shape index (κ1) is 20.1. The van der Waals surface area contributed by atoms with Gasteiger partial charge in [0.25, 0.3) is 0 Å². The van der Waals surface area contributed by atoms with Crippen molar-refractivity contribution < 1.29 is 14.3 Å². The van der Waals surface area contributed by atoms with Gasteiger partial charge in [-0.2, -0.15) is 0 Å². The smallest absolute Gasteiger partial charge is 0.236 e. The summed E-state index contributed by atoms with van der Waals surface area (Å²) in [7, 11) is 0. The molecule has 1 fully saturated rings. The zero-order valence-corrected chi connectivity index (χ0v) is 17.1. The van der Waals surface area contributed by atoms with Gasteiger partial charge in [-0.25, -0.2) is 0 Å². The molecule has 7 nitrogen and oxygen atoms in total. The Hall–Kier alpha value is -1.62. The van der Waals surface area contributed by atoms with Crippen molar-refractivity contribution in [3.63, 3.8) is 0 Å². The molecule has 3 rings (SSSR count). The fourth-order valence-corrected chi connectivity index (χ4v) is 4.80. The standard InChI is InChI=1S/C17H20N4O3S3/c22-14(11-25-10-13-4-2-1-3-5-13)18-16-19-20-17(27-16)26-12-15(23)21-6-8-24-9-7-21/h1-5H,6-12H2,(H,18,19,22). The highest BCUT2D eigenvalue weighted by molar-refractivity contribution is 8.01. The molecule has 0 bridgehead atoms. The molecular formula is C17H20N4O3S3. The second kappa shape index (κ2) is 10.6. The zero-order chi connectivity index (χ0) is 18.9. The number of morpholine rings is 1. The lowest BCUT2D eigenvalue weighted by molar-refractivity contribution is -0.132. The minimum Gasteiger partial charge on any atom is -0.378 e. The number of ether oxygens (including phenoxy) is 1. The second-order valence-corrected chi connectivity index (χ2v) is 8.87. The molecule has 2 aromatic rings. The molecule has 1 N–H and O–H groups in total. The van der Waals surface area contributed by atoms with E-state index in [-0.39, 0.29) is 11.8 Å². The third-order valence-electron chi connectivity index (χ3n) is 3.68. The van der Waals surface area contributed by atoms with Crippen molar-refractivity contribution in [2.75, 3.05) is 43.1 Å². The average Bonchev–Trinajstić information content (AvgIpc) is 3.15. The van der Waals surface area contributed by atoms with Crippen LogP contribution in [0.5, 0.6) is 0 Å². The van der Waals surface area contributed by atoms with Crippen LogP contribution in [0, 0.1) is 0 Å². The summed E-state index contributed by atoms with van der Waals surface area (Å²) in [5.41, 5.74) is 1.19. The van der Waals surface area contributed by atoms with E-state index in [4.69, 9.17) is 4.74 Å². The van der Waals surface area contributed by atoms with E-state index in [1.54, 1.807) is 16.7 Å². The zero-order valence-electron chi connectivity index (χ0n) is 14.6. The molecule has 1 aliphatic rings. The summed E-state index contributed by atoms with van der Waals surface area (Å²) in [6.45, 7) is 2.45. The van der Waals surface area contributed by atoms with E-state index in [9.17, 15) is 9.59 Å². The highest BCUT2D eigenvalue weighted by Crippen LogP contribution is 2.26. The van der Waals surface area contributed by atoms with Crippen LogP contribution >= 0.6 is 34.9 Å². The predicted molar refractivity (Wildman–Crippen MR) is 109 cm³/mol. The van der Waals surface area contributed by atoms with Gasteiger partial charge in [-0.15, -0.1) is 22.0 Å². The van der Waals surface area contributed by atoms with E-state index in [0.29, 0.717) is 47.3 Å². The maximum absolute atomic E-state index is 12.1. The van der Waals surface area contributed by atoms with Crippen LogP contribution in [0.1, 0.15) is 5.56 Å². The molecule has 0 radical (unpaired) electrons. The van der Waals surface area contributed by atoms with Crippen LogP contribution in [0.4, 0.5) is 5.13 Å². The van der Waals surface area contributed by atoms with Gasteiger partial charge in [0, 0.05) is 18.8 Å². The number of anilines is 1. The third kappa shape index (κ3) is 6.80. The summed E-state index contributed by atoms with van der Waals surface area (Å²) >= 11 is 4.17. The summed E-state index contributed by atoms with van der Waals surface area (Å²) < 4.78 is 5.91. The average molecular weight is 425 g/mol. The molecular weight excluding hydrogens is 404 g/mol. The molecule has 1 aromatic heterocycles. The second-order valence-electron chi connectivity index (χ2n) is 5.68. The third-order valence-corrected chi connectivity index (χ3v) is 6.64. The van der Waals surface area contributed by atoms with E-state index in [1.165, 1.54) is 28.7 Å². The van der Waals surface area contributed by atoms with E-state index in [2.05, 4.69) is 15.5 Å². The van der Waals surface area contributed by atoms with Crippen LogP contribution in [0.25, 0.3) is 0 Å². The largest absolute Gasteiger partial charge is 0.378 e. The van der Waals surface area contributed by atoms with Gasteiger partial charge in [0.1, 0.15) is 0 Å². The van der Waals surface area contributed by atoms with Crippen LogP contribution in [-0.4, -0.2) is 64.7 Å². The molecule has 1 aromatic carbocycles. The lowest BCUT2D eigenvalue weighted by atomic mass is 10.2. The lowest BCUT2D eigenvalue weighted by Gasteiger charge is -2.26. The van der Waals surface area contributed by atoms with Gasteiger partial charge >= 0.3 is 0 Å². The Morgan fingerprint density at radius 2 is 1.93 bits per heavy atom. The topological polar surface area (TPSA) is 84.4 Å². The summed E-state index contributed by atoms with van der Waals surface area (Å²) in [5.74, 6) is 1.42. The molecule has 0 saturated carbocycles. The number of benzene rings is 1. The van der Waals surface area contributed by atoms with E-state index < -0.39 is 0 Å². The quantitative estimate of drug-likeness (QED) is 0.514. The highest BCUT2D eigenvalue weighted by atomic mass is 32.2. The van der Waals surface area contributed by atoms with Gasteiger partial charge in [0.05, 0.1) is 24.7 Å². The molecule has 0 atom stereocenters. The summed E-state index contributed by atoms with van der Waals surface area (Å²) in [6, 6.07) is 10.0. The minimum atomic E-state index is -0.104. The molecule has 0 unspecified atom stereocenters. The van der Waals surface area contributed by atoms with E-state index in [0.717, 1.165) is 5.75 Å². The number of nitrogens with one attached hydrogen (secondary N) is 1. The number of hydrogen-bond donors (Lipinski definition) is 1. The first-order valence-electron chi connectivity index (χ1n) is 8.44. The highest BCUT2D eigenvalue weighted by Gasteiger charge is 2.18. The van der Waals surface area contributed by atoms with Gasteiger partial charge in [-0.1, -0.05) is 53.4 Å². The van der Waals surface area contributed by atoms with Crippen LogP contribution in [0.2, 0.25) is 0 Å².